The average Bonchev–Trinajstić information content (AvgIpc) is 2.99. The van der Waals surface area contributed by atoms with Crippen LogP contribution in [0.4, 0.5) is 0 Å². The van der Waals surface area contributed by atoms with Crippen molar-refractivity contribution in [1.29, 1.82) is 0 Å². The van der Waals surface area contributed by atoms with Gasteiger partial charge in [-0.3, -0.25) is 0 Å². The second-order valence-corrected chi connectivity index (χ2v) is 4.65. The molecule has 1 aromatic heterocycles. The van der Waals surface area contributed by atoms with Gasteiger partial charge in [-0.25, -0.2) is 0 Å². The third-order valence-corrected chi connectivity index (χ3v) is 3.15. The Labute approximate surface area is 107 Å². The summed E-state index contributed by atoms with van der Waals surface area (Å²) >= 11 is 5.22. The lowest BCUT2D eigenvalue weighted by atomic mass is 10.1. The van der Waals surface area contributed by atoms with Gasteiger partial charge in [0.05, 0.1) is 25.0 Å². The molecule has 0 amide bonds. The van der Waals surface area contributed by atoms with Crippen LogP contribution in [0.3, 0.4) is 0 Å². The number of ether oxygens (including phenoxy) is 1. The molecule has 0 saturated carbocycles. The molecule has 1 saturated heterocycles. The van der Waals surface area contributed by atoms with Crippen molar-refractivity contribution in [3.05, 3.63) is 24.2 Å². The van der Waals surface area contributed by atoms with Gasteiger partial charge in [0.25, 0.3) is 0 Å². The fourth-order valence-electron chi connectivity index (χ4n) is 1.93. The predicted octanol–water partition coefficient (Wildman–Crippen LogP) is 1.81. The number of rotatable bonds is 4. The minimum absolute atomic E-state index is 0.245. The molecule has 0 unspecified atom stereocenters. The summed E-state index contributed by atoms with van der Waals surface area (Å²) in [5.41, 5.74) is 0. The van der Waals surface area contributed by atoms with Gasteiger partial charge in [-0.05, 0) is 44.1 Å². The molecule has 94 valence electrons. The van der Waals surface area contributed by atoms with Crippen molar-refractivity contribution in [2.75, 3.05) is 6.61 Å². The van der Waals surface area contributed by atoms with E-state index < -0.39 is 0 Å². The van der Waals surface area contributed by atoms with Crippen molar-refractivity contribution >= 4 is 17.3 Å². The summed E-state index contributed by atoms with van der Waals surface area (Å²) in [5, 5.41) is 6.99. The molecule has 0 bridgehead atoms. The molecule has 2 atom stereocenters. The quantitative estimate of drug-likeness (QED) is 0.802. The molecule has 2 N–H and O–H groups in total. The van der Waals surface area contributed by atoms with E-state index in [4.69, 9.17) is 21.4 Å². The molecule has 4 nitrogen and oxygen atoms in total. The lowest BCUT2D eigenvalue weighted by Crippen LogP contribution is -2.45. The molecule has 1 aliphatic rings. The molecule has 17 heavy (non-hydrogen) atoms. The van der Waals surface area contributed by atoms with Crippen molar-refractivity contribution in [1.82, 2.24) is 10.6 Å². The molecule has 0 aliphatic carbocycles. The van der Waals surface area contributed by atoms with Gasteiger partial charge in [-0.1, -0.05) is 0 Å². The van der Waals surface area contributed by atoms with Gasteiger partial charge in [0.1, 0.15) is 5.76 Å². The molecule has 1 aliphatic heterocycles. The van der Waals surface area contributed by atoms with E-state index in [1.165, 1.54) is 0 Å². The zero-order chi connectivity index (χ0) is 12.1. The first-order chi connectivity index (χ1) is 8.25. The highest BCUT2D eigenvalue weighted by molar-refractivity contribution is 7.80. The standard InChI is InChI=1S/C12H18N2O2S/c1-9(11-5-3-7-16-11)14-12(17)13-8-10-4-2-6-15-10/h2,4,6,9,11H,3,5,7-8H2,1H3,(H2,13,14,17)/t9-,11-/m1/s1. The van der Waals surface area contributed by atoms with Gasteiger partial charge in [0.15, 0.2) is 5.11 Å². The Morgan fingerprint density at radius 3 is 3.18 bits per heavy atom. The second-order valence-electron chi connectivity index (χ2n) is 4.25. The predicted molar refractivity (Wildman–Crippen MR) is 69.7 cm³/mol. The van der Waals surface area contributed by atoms with E-state index in [9.17, 15) is 0 Å². The second kappa shape index (κ2) is 6.02. The van der Waals surface area contributed by atoms with Gasteiger partial charge in [-0.15, -0.1) is 0 Å². The van der Waals surface area contributed by atoms with Crippen molar-refractivity contribution in [3.63, 3.8) is 0 Å². The van der Waals surface area contributed by atoms with Crippen LogP contribution >= 0.6 is 12.2 Å². The summed E-state index contributed by atoms with van der Waals surface area (Å²) in [7, 11) is 0. The van der Waals surface area contributed by atoms with Crippen molar-refractivity contribution in [2.24, 2.45) is 0 Å². The third-order valence-electron chi connectivity index (χ3n) is 2.88. The normalized spacial score (nSPS) is 21.1. The maximum Gasteiger partial charge on any atom is 0.166 e. The van der Waals surface area contributed by atoms with E-state index in [0.29, 0.717) is 11.7 Å². The fraction of sp³-hybridized carbons (Fsp3) is 0.583. The summed E-state index contributed by atoms with van der Waals surface area (Å²) in [5.74, 6) is 0.874. The Morgan fingerprint density at radius 2 is 2.53 bits per heavy atom. The van der Waals surface area contributed by atoms with Crippen LogP contribution in [0.2, 0.25) is 0 Å². The largest absolute Gasteiger partial charge is 0.467 e. The monoisotopic (exact) mass is 254 g/mol. The molecule has 1 fully saturated rings. The van der Waals surface area contributed by atoms with Crippen molar-refractivity contribution in [3.8, 4) is 0 Å². The summed E-state index contributed by atoms with van der Waals surface area (Å²) in [6, 6.07) is 4.02. The van der Waals surface area contributed by atoms with E-state index in [2.05, 4.69) is 17.6 Å². The first-order valence-electron chi connectivity index (χ1n) is 5.94. The van der Waals surface area contributed by atoms with E-state index in [-0.39, 0.29) is 12.1 Å². The molecule has 0 radical (unpaired) electrons. The van der Waals surface area contributed by atoms with E-state index >= 15 is 0 Å². The highest BCUT2D eigenvalue weighted by atomic mass is 32.1. The van der Waals surface area contributed by atoms with E-state index in [1.54, 1.807) is 6.26 Å². The molecule has 0 aromatic carbocycles. The van der Waals surface area contributed by atoms with Crippen molar-refractivity contribution < 1.29 is 9.15 Å². The number of thiocarbonyl (C=S) groups is 1. The Morgan fingerprint density at radius 1 is 1.65 bits per heavy atom. The Bertz CT molecular complexity index is 347. The highest BCUT2D eigenvalue weighted by Crippen LogP contribution is 2.15. The molecular weight excluding hydrogens is 236 g/mol. The molecule has 0 spiro atoms. The van der Waals surface area contributed by atoms with Gasteiger partial charge in [0.2, 0.25) is 0 Å². The summed E-state index contributed by atoms with van der Waals surface area (Å²) in [6.07, 6.45) is 4.18. The number of hydrogen-bond donors (Lipinski definition) is 2. The van der Waals surface area contributed by atoms with Crippen LogP contribution < -0.4 is 10.6 Å². The zero-order valence-corrected chi connectivity index (χ0v) is 10.8. The first kappa shape index (κ1) is 12.4. The van der Waals surface area contributed by atoms with Crippen LogP contribution in [0.5, 0.6) is 0 Å². The van der Waals surface area contributed by atoms with Crippen LogP contribution in [0.15, 0.2) is 22.8 Å². The molecule has 1 aromatic rings. The number of furan rings is 1. The molecular formula is C12H18N2O2S. The Balaban J connectivity index is 1.69. The van der Waals surface area contributed by atoms with Crippen LogP contribution in [0.25, 0.3) is 0 Å². The fourth-order valence-corrected chi connectivity index (χ4v) is 2.19. The van der Waals surface area contributed by atoms with Gasteiger partial charge >= 0.3 is 0 Å². The number of nitrogens with one attached hydrogen (secondary N) is 2. The first-order valence-corrected chi connectivity index (χ1v) is 6.35. The van der Waals surface area contributed by atoms with Crippen molar-refractivity contribution in [2.45, 2.75) is 38.5 Å². The summed E-state index contributed by atoms with van der Waals surface area (Å²) in [4.78, 5) is 0. The summed E-state index contributed by atoms with van der Waals surface area (Å²) in [6.45, 7) is 3.57. The number of hydrogen-bond acceptors (Lipinski definition) is 3. The molecule has 2 heterocycles. The van der Waals surface area contributed by atoms with Gasteiger partial charge in [-0.2, -0.15) is 0 Å². The zero-order valence-electron chi connectivity index (χ0n) is 9.94. The lowest BCUT2D eigenvalue weighted by molar-refractivity contribution is 0.0892. The topological polar surface area (TPSA) is 46.4 Å². The van der Waals surface area contributed by atoms with Gasteiger partial charge < -0.3 is 19.8 Å². The third kappa shape index (κ3) is 3.71. The van der Waals surface area contributed by atoms with E-state index in [1.807, 2.05) is 12.1 Å². The SMILES string of the molecule is C[C@@H](NC(=S)NCc1ccco1)[C@H]1CCCO1. The minimum Gasteiger partial charge on any atom is -0.467 e. The Hall–Kier alpha value is -1.07. The Kier molecular flexibility index (Phi) is 4.39. The van der Waals surface area contributed by atoms with Crippen LogP contribution in [-0.4, -0.2) is 23.9 Å². The maximum atomic E-state index is 5.60. The minimum atomic E-state index is 0.245. The average molecular weight is 254 g/mol. The molecule has 2 rings (SSSR count). The van der Waals surface area contributed by atoms with Crippen LogP contribution in [-0.2, 0) is 11.3 Å². The van der Waals surface area contributed by atoms with Crippen LogP contribution in [0.1, 0.15) is 25.5 Å². The van der Waals surface area contributed by atoms with E-state index in [0.717, 1.165) is 25.2 Å². The molecule has 5 heteroatoms. The smallest absolute Gasteiger partial charge is 0.166 e. The lowest BCUT2D eigenvalue weighted by Gasteiger charge is -2.21. The highest BCUT2D eigenvalue weighted by Gasteiger charge is 2.22. The van der Waals surface area contributed by atoms with Crippen LogP contribution in [0, 0.1) is 0 Å². The van der Waals surface area contributed by atoms with Gasteiger partial charge in [0, 0.05) is 6.61 Å². The summed E-state index contributed by atoms with van der Waals surface area (Å²) < 4.78 is 10.8. The maximum absolute atomic E-state index is 5.60.